The van der Waals surface area contributed by atoms with E-state index in [-0.39, 0.29) is 6.10 Å². The Hall–Kier alpha value is -1.25. The van der Waals surface area contributed by atoms with E-state index >= 15 is 0 Å². The summed E-state index contributed by atoms with van der Waals surface area (Å²) in [4.78, 5) is 4.00. The van der Waals surface area contributed by atoms with Gasteiger partial charge in [-0.1, -0.05) is 18.2 Å². The van der Waals surface area contributed by atoms with E-state index in [1.165, 1.54) is 9.18 Å². The Labute approximate surface area is 160 Å². The normalized spacial score (nSPS) is 18.1. The molecule has 1 aromatic carbocycles. The van der Waals surface area contributed by atoms with Gasteiger partial charge in [-0.3, -0.25) is 4.90 Å². The molecule has 0 bridgehead atoms. The van der Waals surface area contributed by atoms with Gasteiger partial charge in [0.05, 0.1) is 11.0 Å². The molecule has 1 aromatic heterocycles. The van der Waals surface area contributed by atoms with Gasteiger partial charge in [0.25, 0.3) is 0 Å². The molecule has 0 amide bonds. The van der Waals surface area contributed by atoms with Crippen LogP contribution < -0.4 is 0 Å². The average molecular weight is 395 g/mol. The van der Waals surface area contributed by atoms with Crippen LogP contribution in [0.15, 0.2) is 46.7 Å². The Morgan fingerprint density at radius 3 is 2.69 bits per heavy atom. The van der Waals surface area contributed by atoms with E-state index in [2.05, 4.69) is 22.4 Å². The zero-order valence-corrected chi connectivity index (χ0v) is 16.9. The predicted octanol–water partition coefficient (Wildman–Crippen LogP) is 3.18. The van der Waals surface area contributed by atoms with Gasteiger partial charge in [-0.25, -0.2) is 12.7 Å². The summed E-state index contributed by atoms with van der Waals surface area (Å²) < 4.78 is 31.9. The zero-order valence-electron chi connectivity index (χ0n) is 15.3. The average Bonchev–Trinajstić information content (AvgIpc) is 3.29. The molecule has 1 atom stereocenters. The zero-order chi connectivity index (χ0) is 18.6. The van der Waals surface area contributed by atoms with E-state index in [0.29, 0.717) is 11.4 Å². The van der Waals surface area contributed by atoms with Crippen molar-refractivity contribution in [3.63, 3.8) is 0 Å². The van der Waals surface area contributed by atoms with Crippen LogP contribution in [0.25, 0.3) is 0 Å². The molecule has 1 unspecified atom stereocenters. The minimum absolute atomic E-state index is 0.267. The SMILES string of the molecule is CN(C)S(=O)(=O)c1cccc(CN(Cc2cccs2)CC2CCCO2)c1. The molecule has 2 heterocycles. The van der Waals surface area contributed by atoms with E-state index < -0.39 is 10.0 Å². The van der Waals surface area contributed by atoms with Gasteiger partial charge in [0.15, 0.2) is 0 Å². The van der Waals surface area contributed by atoms with Gasteiger partial charge in [-0.05, 0) is 42.0 Å². The summed E-state index contributed by atoms with van der Waals surface area (Å²) >= 11 is 1.75. The monoisotopic (exact) mass is 394 g/mol. The molecule has 0 saturated carbocycles. The number of hydrogen-bond donors (Lipinski definition) is 0. The second-order valence-electron chi connectivity index (χ2n) is 6.82. The first-order valence-electron chi connectivity index (χ1n) is 8.83. The van der Waals surface area contributed by atoms with Crippen LogP contribution in [0.4, 0.5) is 0 Å². The molecule has 3 rings (SSSR count). The topological polar surface area (TPSA) is 49.9 Å². The minimum atomic E-state index is -3.42. The standard InChI is InChI=1S/C19H26N2O3S2/c1-20(2)26(22,23)19-9-3-6-16(12-19)13-21(14-17-7-4-10-24-17)15-18-8-5-11-25-18/h3,5-6,8-9,11-12,17H,4,7,10,13-15H2,1-2H3. The van der Waals surface area contributed by atoms with Crippen molar-refractivity contribution < 1.29 is 13.2 Å². The summed E-state index contributed by atoms with van der Waals surface area (Å²) in [5.41, 5.74) is 1.00. The van der Waals surface area contributed by atoms with Crippen molar-refractivity contribution in [2.24, 2.45) is 0 Å². The first-order chi connectivity index (χ1) is 12.4. The highest BCUT2D eigenvalue weighted by Crippen LogP contribution is 2.21. The number of benzene rings is 1. The Bertz CT molecular complexity index is 798. The molecule has 1 aliphatic rings. The van der Waals surface area contributed by atoms with Gasteiger partial charge in [0.2, 0.25) is 10.0 Å². The largest absolute Gasteiger partial charge is 0.377 e. The summed E-state index contributed by atoms with van der Waals surface area (Å²) in [6, 6.07) is 11.5. The fourth-order valence-corrected chi connectivity index (χ4v) is 4.88. The highest BCUT2D eigenvalue weighted by Gasteiger charge is 2.21. The molecule has 0 N–H and O–H groups in total. The van der Waals surface area contributed by atoms with Crippen molar-refractivity contribution in [3.05, 3.63) is 52.2 Å². The van der Waals surface area contributed by atoms with Crippen molar-refractivity contribution in [2.75, 3.05) is 27.2 Å². The maximum absolute atomic E-state index is 12.4. The molecule has 26 heavy (non-hydrogen) atoms. The maximum atomic E-state index is 12.4. The fraction of sp³-hybridized carbons (Fsp3) is 0.474. The van der Waals surface area contributed by atoms with E-state index in [4.69, 9.17) is 4.74 Å². The van der Waals surface area contributed by atoms with E-state index in [1.54, 1.807) is 37.6 Å². The molecular formula is C19H26N2O3S2. The minimum Gasteiger partial charge on any atom is -0.377 e. The van der Waals surface area contributed by atoms with Crippen LogP contribution >= 0.6 is 11.3 Å². The summed E-state index contributed by atoms with van der Waals surface area (Å²) in [6.07, 6.45) is 2.48. The van der Waals surface area contributed by atoms with Gasteiger partial charge < -0.3 is 4.74 Å². The van der Waals surface area contributed by atoms with Gasteiger partial charge in [-0.15, -0.1) is 11.3 Å². The number of ether oxygens (including phenoxy) is 1. The molecule has 0 aliphatic carbocycles. The molecule has 1 saturated heterocycles. The third-order valence-electron chi connectivity index (χ3n) is 4.53. The number of thiophene rings is 1. The van der Waals surface area contributed by atoms with Crippen LogP contribution in [0.1, 0.15) is 23.3 Å². The van der Waals surface area contributed by atoms with Crippen LogP contribution in [0.3, 0.4) is 0 Å². The number of rotatable bonds is 8. The highest BCUT2D eigenvalue weighted by atomic mass is 32.2. The van der Waals surface area contributed by atoms with Crippen molar-refractivity contribution in [2.45, 2.75) is 36.9 Å². The lowest BCUT2D eigenvalue weighted by Gasteiger charge is -2.25. The molecule has 5 nitrogen and oxygen atoms in total. The molecule has 0 radical (unpaired) electrons. The predicted molar refractivity (Wildman–Crippen MR) is 105 cm³/mol. The molecule has 2 aromatic rings. The Morgan fingerprint density at radius 1 is 1.19 bits per heavy atom. The summed E-state index contributed by atoms with van der Waals surface area (Å²) in [5.74, 6) is 0. The molecule has 7 heteroatoms. The van der Waals surface area contributed by atoms with Crippen molar-refractivity contribution >= 4 is 21.4 Å². The van der Waals surface area contributed by atoms with E-state index in [9.17, 15) is 8.42 Å². The van der Waals surface area contributed by atoms with E-state index in [0.717, 1.165) is 38.1 Å². The van der Waals surface area contributed by atoms with E-state index in [1.807, 2.05) is 12.1 Å². The summed E-state index contributed by atoms with van der Waals surface area (Å²) in [6.45, 7) is 3.26. The van der Waals surface area contributed by atoms with Crippen molar-refractivity contribution in [1.82, 2.24) is 9.21 Å². The fourth-order valence-electron chi connectivity index (χ4n) is 3.16. The second kappa shape index (κ2) is 8.63. The number of nitrogens with zero attached hydrogens (tertiary/aromatic N) is 2. The smallest absolute Gasteiger partial charge is 0.242 e. The number of sulfonamides is 1. The Morgan fingerprint density at radius 2 is 2.04 bits per heavy atom. The molecule has 0 spiro atoms. The highest BCUT2D eigenvalue weighted by molar-refractivity contribution is 7.89. The van der Waals surface area contributed by atoms with Crippen LogP contribution in [-0.2, 0) is 27.8 Å². The third-order valence-corrected chi connectivity index (χ3v) is 7.20. The Balaban J connectivity index is 1.77. The van der Waals surface area contributed by atoms with Gasteiger partial charge in [0, 0.05) is 45.2 Å². The van der Waals surface area contributed by atoms with Crippen molar-refractivity contribution in [3.8, 4) is 0 Å². The van der Waals surface area contributed by atoms with Gasteiger partial charge >= 0.3 is 0 Å². The Kier molecular flexibility index (Phi) is 6.47. The second-order valence-corrected chi connectivity index (χ2v) is 10.0. The summed E-state index contributed by atoms with van der Waals surface area (Å²) in [5, 5.41) is 2.09. The van der Waals surface area contributed by atoms with Gasteiger partial charge in [-0.2, -0.15) is 0 Å². The molecule has 1 fully saturated rings. The lowest BCUT2D eigenvalue weighted by atomic mass is 10.2. The van der Waals surface area contributed by atoms with Crippen LogP contribution in [0, 0.1) is 0 Å². The van der Waals surface area contributed by atoms with Crippen LogP contribution in [0.2, 0.25) is 0 Å². The lowest BCUT2D eigenvalue weighted by molar-refractivity contribution is 0.0682. The third kappa shape index (κ3) is 4.92. The first-order valence-corrected chi connectivity index (χ1v) is 11.1. The van der Waals surface area contributed by atoms with Crippen LogP contribution in [0.5, 0.6) is 0 Å². The first kappa shape index (κ1) is 19.5. The van der Waals surface area contributed by atoms with Crippen LogP contribution in [-0.4, -0.2) is 51.0 Å². The molecular weight excluding hydrogens is 368 g/mol. The number of hydrogen-bond acceptors (Lipinski definition) is 5. The lowest BCUT2D eigenvalue weighted by Crippen LogP contribution is -2.31. The summed E-state index contributed by atoms with van der Waals surface area (Å²) in [7, 11) is -0.299. The molecule has 1 aliphatic heterocycles. The van der Waals surface area contributed by atoms with Gasteiger partial charge in [0.1, 0.15) is 0 Å². The molecule has 142 valence electrons. The quantitative estimate of drug-likeness (QED) is 0.690. The van der Waals surface area contributed by atoms with Crippen molar-refractivity contribution in [1.29, 1.82) is 0 Å². The maximum Gasteiger partial charge on any atom is 0.242 e.